The van der Waals surface area contributed by atoms with Gasteiger partial charge in [-0.2, -0.15) is 0 Å². The third-order valence-corrected chi connectivity index (χ3v) is 5.45. The normalized spacial score (nSPS) is 18.5. The van der Waals surface area contributed by atoms with Gasteiger partial charge in [-0.05, 0) is 31.2 Å². The van der Waals surface area contributed by atoms with Crippen molar-refractivity contribution in [2.24, 2.45) is 0 Å². The lowest BCUT2D eigenvalue weighted by Crippen LogP contribution is -2.43. The van der Waals surface area contributed by atoms with Crippen LogP contribution in [0, 0.1) is 0 Å². The van der Waals surface area contributed by atoms with Crippen LogP contribution in [0.25, 0.3) is 10.1 Å². The molecule has 1 aromatic carbocycles. The average molecular weight is 333 g/mol. The van der Waals surface area contributed by atoms with E-state index in [1.54, 1.807) is 18.4 Å². The predicted molar refractivity (Wildman–Crippen MR) is 93.1 cm³/mol. The highest BCUT2D eigenvalue weighted by Gasteiger charge is 2.28. The Hall–Kier alpha value is -1.43. The van der Waals surface area contributed by atoms with E-state index in [9.17, 15) is 4.79 Å². The minimum Gasteiger partial charge on any atom is -0.380 e. The van der Waals surface area contributed by atoms with Gasteiger partial charge in [0.1, 0.15) is 0 Å². The van der Waals surface area contributed by atoms with E-state index >= 15 is 0 Å². The van der Waals surface area contributed by atoms with Gasteiger partial charge in [0.25, 0.3) is 5.91 Å². The van der Waals surface area contributed by atoms with Crippen molar-refractivity contribution >= 4 is 27.3 Å². The van der Waals surface area contributed by atoms with Crippen LogP contribution in [0.15, 0.2) is 24.3 Å². The molecule has 2 aromatic rings. The number of nitrogens with zero attached hydrogens (tertiary/aromatic N) is 1. The fourth-order valence-electron chi connectivity index (χ4n) is 3.20. The zero-order valence-corrected chi connectivity index (χ0v) is 14.5. The maximum absolute atomic E-state index is 13.0. The zero-order valence-electron chi connectivity index (χ0n) is 13.7. The molecule has 23 heavy (non-hydrogen) atoms. The molecule has 0 unspecified atom stereocenters. The maximum atomic E-state index is 13.0. The summed E-state index contributed by atoms with van der Waals surface area (Å²) in [7, 11) is 1.67. The maximum Gasteiger partial charge on any atom is 0.264 e. The van der Waals surface area contributed by atoms with Crippen molar-refractivity contribution in [3.05, 3.63) is 34.7 Å². The van der Waals surface area contributed by atoms with Crippen LogP contribution in [0.3, 0.4) is 0 Å². The van der Waals surface area contributed by atoms with Gasteiger partial charge >= 0.3 is 0 Å². The Balaban J connectivity index is 1.89. The third-order valence-electron chi connectivity index (χ3n) is 4.25. The average Bonchev–Trinajstić information content (AvgIpc) is 2.94. The van der Waals surface area contributed by atoms with Crippen LogP contribution < -0.4 is 0 Å². The second kappa shape index (κ2) is 7.43. The predicted octanol–water partition coefficient (Wildman–Crippen LogP) is 3.69. The van der Waals surface area contributed by atoms with Crippen LogP contribution in [0.1, 0.15) is 35.0 Å². The fourth-order valence-corrected chi connectivity index (χ4v) is 4.37. The Morgan fingerprint density at radius 1 is 1.39 bits per heavy atom. The SMILES string of the molecule is CCO[C@@H]1CCCN(C(=O)c2sc3ccccc3c2COC)C1. The van der Waals surface area contributed by atoms with Crippen LogP contribution in [-0.2, 0) is 16.1 Å². The van der Waals surface area contributed by atoms with Crippen LogP contribution in [0.2, 0.25) is 0 Å². The monoisotopic (exact) mass is 333 g/mol. The van der Waals surface area contributed by atoms with Gasteiger partial charge in [0.05, 0.1) is 17.6 Å². The third kappa shape index (κ3) is 3.42. The van der Waals surface area contributed by atoms with E-state index < -0.39 is 0 Å². The van der Waals surface area contributed by atoms with Gasteiger partial charge in [0, 0.05) is 37.1 Å². The molecule has 0 bridgehead atoms. The largest absolute Gasteiger partial charge is 0.380 e. The lowest BCUT2D eigenvalue weighted by Gasteiger charge is -2.32. The number of ether oxygens (including phenoxy) is 2. The molecule has 3 rings (SSSR count). The Bertz CT molecular complexity index is 680. The molecule has 0 aliphatic carbocycles. The van der Waals surface area contributed by atoms with E-state index in [4.69, 9.17) is 9.47 Å². The van der Waals surface area contributed by atoms with Crippen molar-refractivity contribution in [1.29, 1.82) is 0 Å². The highest BCUT2D eigenvalue weighted by molar-refractivity contribution is 7.21. The summed E-state index contributed by atoms with van der Waals surface area (Å²) < 4.78 is 12.2. The van der Waals surface area contributed by atoms with Gasteiger partial charge in [0.2, 0.25) is 0 Å². The molecule has 1 fully saturated rings. The number of fused-ring (bicyclic) bond motifs is 1. The first-order chi connectivity index (χ1) is 11.2. The van der Waals surface area contributed by atoms with Crippen LogP contribution in [0.4, 0.5) is 0 Å². The summed E-state index contributed by atoms with van der Waals surface area (Å²) in [5.41, 5.74) is 1.01. The molecule has 1 atom stereocenters. The first kappa shape index (κ1) is 16.4. The molecular formula is C18H23NO3S. The van der Waals surface area contributed by atoms with Gasteiger partial charge < -0.3 is 14.4 Å². The molecular weight excluding hydrogens is 310 g/mol. The number of benzene rings is 1. The van der Waals surface area contributed by atoms with Crippen molar-refractivity contribution in [2.45, 2.75) is 32.5 Å². The molecule has 1 aliphatic heterocycles. The number of thiophene rings is 1. The lowest BCUT2D eigenvalue weighted by molar-refractivity contribution is 0.00732. The number of amides is 1. The van der Waals surface area contributed by atoms with Crippen molar-refractivity contribution in [3.63, 3.8) is 0 Å². The summed E-state index contributed by atoms with van der Waals surface area (Å²) in [6, 6.07) is 8.15. The topological polar surface area (TPSA) is 38.8 Å². The van der Waals surface area contributed by atoms with Crippen molar-refractivity contribution in [2.75, 3.05) is 26.8 Å². The Morgan fingerprint density at radius 2 is 2.22 bits per heavy atom. The fraction of sp³-hybridized carbons (Fsp3) is 0.500. The van der Waals surface area contributed by atoms with E-state index in [1.807, 2.05) is 24.0 Å². The number of likely N-dealkylation sites (tertiary alicyclic amines) is 1. The van der Waals surface area contributed by atoms with Crippen LogP contribution in [-0.4, -0.2) is 43.7 Å². The molecule has 1 aliphatic rings. The number of methoxy groups -OCH3 is 1. The number of carbonyl (C=O) groups excluding carboxylic acids is 1. The summed E-state index contributed by atoms with van der Waals surface area (Å²) >= 11 is 1.57. The molecule has 5 heteroatoms. The van der Waals surface area contributed by atoms with Gasteiger partial charge in [0.15, 0.2) is 0 Å². The molecule has 124 valence electrons. The van der Waals surface area contributed by atoms with E-state index in [0.29, 0.717) is 19.8 Å². The minimum atomic E-state index is 0.114. The Kier molecular flexibility index (Phi) is 5.30. The number of rotatable bonds is 5. The molecule has 1 amide bonds. The lowest BCUT2D eigenvalue weighted by atomic mass is 10.1. The van der Waals surface area contributed by atoms with Gasteiger partial charge in [-0.15, -0.1) is 11.3 Å². The molecule has 0 spiro atoms. The highest BCUT2D eigenvalue weighted by atomic mass is 32.1. The number of hydrogen-bond acceptors (Lipinski definition) is 4. The van der Waals surface area contributed by atoms with Gasteiger partial charge in [-0.3, -0.25) is 4.79 Å². The molecule has 0 N–H and O–H groups in total. The highest BCUT2D eigenvalue weighted by Crippen LogP contribution is 2.33. The van der Waals surface area contributed by atoms with Crippen LogP contribution in [0.5, 0.6) is 0 Å². The standard InChI is InChI=1S/C18H23NO3S/c1-3-22-13-7-6-10-19(11-13)18(20)17-15(12-21-2)14-8-4-5-9-16(14)23-17/h4-5,8-9,13H,3,6-7,10-12H2,1-2H3/t13-/m1/s1. The molecule has 4 nitrogen and oxygen atoms in total. The first-order valence-corrected chi connectivity index (χ1v) is 8.96. The Morgan fingerprint density at radius 3 is 3.00 bits per heavy atom. The quantitative estimate of drug-likeness (QED) is 0.838. The van der Waals surface area contributed by atoms with E-state index in [-0.39, 0.29) is 12.0 Å². The second-order valence-electron chi connectivity index (χ2n) is 5.81. The zero-order chi connectivity index (χ0) is 16.2. The summed E-state index contributed by atoms with van der Waals surface area (Å²) in [5.74, 6) is 0.114. The number of carbonyl (C=O) groups is 1. The summed E-state index contributed by atoms with van der Waals surface area (Å²) in [4.78, 5) is 15.8. The molecule has 0 saturated carbocycles. The van der Waals surface area contributed by atoms with E-state index in [0.717, 1.165) is 39.9 Å². The molecule has 1 aromatic heterocycles. The smallest absolute Gasteiger partial charge is 0.264 e. The first-order valence-electron chi connectivity index (χ1n) is 8.14. The van der Waals surface area contributed by atoms with Gasteiger partial charge in [-0.1, -0.05) is 18.2 Å². The molecule has 2 heterocycles. The van der Waals surface area contributed by atoms with Crippen molar-refractivity contribution in [1.82, 2.24) is 4.90 Å². The minimum absolute atomic E-state index is 0.114. The summed E-state index contributed by atoms with van der Waals surface area (Å²) in [6.45, 7) is 4.66. The van der Waals surface area contributed by atoms with Crippen molar-refractivity contribution in [3.8, 4) is 0 Å². The van der Waals surface area contributed by atoms with E-state index in [2.05, 4.69) is 12.1 Å². The van der Waals surface area contributed by atoms with Gasteiger partial charge in [-0.25, -0.2) is 0 Å². The summed E-state index contributed by atoms with van der Waals surface area (Å²) in [5, 5.41) is 1.13. The molecule has 1 saturated heterocycles. The Labute approximate surface area is 141 Å². The number of piperidine rings is 1. The summed E-state index contributed by atoms with van der Waals surface area (Å²) in [6.07, 6.45) is 2.20. The molecule has 0 radical (unpaired) electrons. The van der Waals surface area contributed by atoms with Crippen molar-refractivity contribution < 1.29 is 14.3 Å². The van der Waals surface area contributed by atoms with E-state index in [1.165, 1.54) is 0 Å². The van der Waals surface area contributed by atoms with Crippen LogP contribution >= 0.6 is 11.3 Å². The number of hydrogen-bond donors (Lipinski definition) is 0. The second-order valence-corrected chi connectivity index (χ2v) is 6.86.